The summed E-state index contributed by atoms with van der Waals surface area (Å²) in [7, 11) is 0. The fourth-order valence-corrected chi connectivity index (χ4v) is 1.62. The van der Waals surface area contributed by atoms with Gasteiger partial charge in [-0.05, 0) is 25.5 Å². The van der Waals surface area contributed by atoms with Crippen molar-refractivity contribution in [1.82, 2.24) is 10.3 Å². The number of hydrogen-bond acceptors (Lipinski definition) is 2. The quantitative estimate of drug-likeness (QED) is 0.616. The van der Waals surface area contributed by atoms with E-state index in [0.717, 1.165) is 6.54 Å². The summed E-state index contributed by atoms with van der Waals surface area (Å²) >= 11 is 0. The molecule has 12 heavy (non-hydrogen) atoms. The van der Waals surface area contributed by atoms with Crippen molar-refractivity contribution in [2.75, 3.05) is 18.4 Å². The molecule has 1 aliphatic rings. The van der Waals surface area contributed by atoms with Crippen molar-refractivity contribution in [2.45, 2.75) is 18.9 Å². The predicted octanol–water partition coefficient (Wildman–Crippen LogP) is 1.18. The Balaban J connectivity index is 1.86. The summed E-state index contributed by atoms with van der Waals surface area (Å²) in [5.74, 6) is 0. The van der Waals surface area contributed by atoms with Gasteiger partial charge in [0, 0.05) is 25.0 Å². The van der Waals surface area contributed by atoms with E-state index >= 15 is 0 Å². The molecule has 2 rings (SSSR count). The molecule has 1 aromatic rings. The van der Waals surface area contributed by atoms with E-state index in [-0.39, 0.29) is 0 Å². The Morgan fingerprint density at radius 3 is 3.17 bits per heavy atom. The van der Waals surface area contributed by atoms with Gasteiger partial charge in [-0.2, -0.15) is 0 Å². The molecule has 1 aliphatic heterocycles. The molecule has 0 spiro atoms. The molecule has 0 amide bonds. The van der Waals surface area contributed by atoms with Crippen molar-refractivity contribution in [2.24, 2.45) is 0 Å². The van der Waals surface area contributed by atoms with E-state index in [1.807, 2.05) is 12.4 Å². The topological polar surface area (TPSA) is 39.8 Å². The number of anilines is 1. The van der Waals surface area contributed by atoms with Crippen LogP contribution in [0.4, 0.5) is 5.69 Å². The molecule has 0 aliphatic carbocycles. The van der Waals surface area contributed by atoms with Crippen LogP contribution in [0.15, 0.2) is 18.5 Å². The number of rotatable bonds is 2. The molecule has 3 N–H and O–H groups in total. The minimum atomic E-state index is 0.606. The molecule has 1 unspecified atom stereocenters. The lowest BCUT2D eigenvalue weighted by atomic mass is 10.1. The zero-order valence-electron chi connectivity index (χ0n) is 7.14. The number of aromatic nitrogens is 1. The first-order chi connectivity index (χ1) is 5.95. The average molecular weight is 165 g/mol. The third kappa shape index (κ3) is 1.80. The molecule has 0 aromatic carbocycles. The van der Waals surface area contributed by atoms with Crippen molar-refractivity contribution in [3.05, 3.63) is 18.5 Å². The molecule has 3 nitrogen and oxygen atoms in total. The largest absolute Gasteiger partial charge is 0.380 e. The van der Waals surface area contributed by atoms with Crippen molar-refractivity contribution in [1.29, 1.82) is 0 Å². The smallest absolute Gasteiger partial charge is 0.0520 e. The van der Waals surface area contributed by atoms with E-state index in [9.17, 15) is 0 Å². The maximum absolute atomic E-state index is 3.47. The zero-order chi connectivity index (χ0) is 8.23. The molecule has 0 radical (unpaired) electrons. The highest BCUT2D eigenvalue weighted by molar-refractivity contribution is 5.41. The lowest BCUT2D eigenvalue weighted by Crippen LogP contribution is -2.38. The van der Waals surface area contributed by atoms with Gasteiger partial charge in [0.05, 0.1) is 5.69 Å². The van der Waals surface area contributed by atoms with E-state index in [4.69, 9.17) is 0 Å². The third-order valence-corrected chi connectivity index (χ3v) is 2.27. The molecule has 1 aromatic heterocycles. The Morgan fingerprint density at radius 2 is 2.50 bits per heavy atom. The van der Waals surface area contributed by atoms with Crippen LogP contribution in [0.3, 0.4) is 0 Å². The van der Waals surface area contributed by atoms with Crippen LogP contribution >= 0.6 is 0 Å². The highest BCUT2D eigenvalue weighted by atomic mass is 15.0. The average Bonchev–Trinajstić information content (AvgIpc) is 2.59. The zero-order valence-corrected chi connectivity index (χ0v) is 7.14. The van der Waals surface area contributed by atoms with E-state index < -0.39 is 0 Å². The minimum absolute atomic E-state index is 0.606. The molecular formula is C9H15N3. The summed E-state index contributed by atoms with van der Waals surface area (Å²) in [6, 6.07) is 2.67. The van der Waals surface area contributed by atoms with Crippen LogP contribution in [0, 0.1) is 0 Å². The van der Waals surface area contributed by atoms with Gasteiger partial charge in [-0.3, -0.25) is 0 Å². The third-order valence-electron chi connectivity index (χ3n) is 2.27. The number of hydrogen-bond donors (Lipinski definition) is 3. The van der Waals surface area contributed by atoms with Crippen LogP contribution in [-0.2, 0) is 0 Å². The summed E-state index contributed by atoms with van der Waals surface area (Å²) in [4.78, 5) is 3.04. The van der Waals surface area contributed by atoms with E-state index in [0.29, 0.717) is 6.04 Å². The Bertz CT molecular complexity index is 212. The lowest BCUT2D eigenvalue weighted by molar-refractivity contribution is 0.480. The van der Waals surface area contributed by atoms with Gasteiger partial charge in [-0.15, -0.1) is 0 Å². The summed E-state index contributed by atoms with van der Waals surface area (Å²) in [5.41, 5.74) is 1.20. The van der Waals surface area contributed by atoms with Crippen LogP contribution in [0.1, 0.15) is 12.8 Å². The second-order valence-electron chi connectivity index (χ2n) is 3.29. The molecule has 3 heteroatoms. The molecule has 1 saturated heterocycles. The van der Waals surface area contributed by atoms with E-state index in [1.54, 1.807) is 0 Å². The lowest BCUT2D eigenvalue weighted by Gasteiger charge is -2.24. The van der Waals surface area contributed by atoms with Crippen molar-refractivity contribution in [3.8, 4) is 0 Å². The maximum atomic E-state index is 3.47. The number of piperidine rings is 1. The fourth-order valence-electron chi connectivity index (χ4n) is 1.62. The molecule has 1 atom stereocenters. The maximum Gasteiger partial charge on any atom is 0.0520 e. The van der Waals surface area contributed by atoms with E-state index in [2.05, 4.69) is 21.7 Å². The summed E-state index contributed by atoms with van der Waals surface area (Å²) < 4.78 is 0. The fraction of sp³-hybridized carbons (Fsp3) is 0.556. The van der Waals surface area contributed by atoms with Crippen LogP contribution < -0.4 is 10.6 Å². The highest BCUT2D eigenvalue weighted by Gasteiger charge is 2.11. The number of nitrogens with one attached hydrogen (secondary N) is 3. The molecular weight excluding hydrogens is 150 g/mol. The molecule has 2 heterocycles. The second-order valence-corrected chi connectivity index (χ2v) is 3.29. The normalized spacial score (nSPS) is 23.8. The monoisotopic (exact) mass is 165 g/mol. The number of aromatic amines is 1. The number of H-pyrrole nitrogens is 1. The van der Waals surface area contributed by atoms with Crippen LogP contribution in [0.25, 0.3) is 0 Å². The van der Waals surface area contributed by atoms with Crippen molar-refractivity contribution >= 4 is 5.69 Å². The van der Waals surface area contributed by atoms with Gasteiger partial charge in [-0.25, -0.2) is 0 Å². The van der Waals surface area contributed by atoms with Gasteiger partial charge in [0.25, 0.3) is 0 Å². The Hall–Kier alpha value is -0.960. The molecule has 66 valence electrons. The molecule has 0 bridgehead atoms. The second kappa shape index (κ2) is 3.63. The Morgan fingerprint density at radius 1 is 1.50 bits per heavy atom. The predicted molar refractivity (Wildman–Crippen MR) is 50.3 cm³/mol. The van der Waals surface area contributed by atoms with Gasteiger partial charge in [0.1, 0.15) is 0 Å². The van der Waals surface area contributed by atoms with Gasteiger partial charge in [-0.1, -0.05) is 0 Å². The van der Waals surface area contributed by atoms with E-state index in [1.165, 1.54) is 25.1 Å². The summed E-state index contributed by atoms with van der Waals surface area (Å²) in [5, 5.41) is 6.84. The first-order valence-electron chi connectivity index (χ1n) is 4.55. The van der Waals surface area contributed by atoms with Gasteiger partial charge in [0.2, 0.25) is 0 Å². The van der Waals surface area contributed by atoms with Crippen LogP contribution in [0.5, 0.6) is 0 Å². The minimum Gasteiger partial charge on any atom is -0.380 e. The first-order valence-corrected chi connectivity index (χ1v) is 4.55. The molecule has 1 fully saturated rings. The van der Waals surface area contributed by atoms with Gasteiger partial charge >= 0.3 is 0 Å². The SMILES string of the molecule is c1cc(NC2CCCNC2)c[nH]1. The summed E-state index contributed by atoms with van der Waals surface area (Å²) in [6.45, 7) is 2.26. The van der Waals surface area contributed by atoms with Crippen molar-refractivity contribution < 1.29 is 0 Å². The standard InChI is InChI=1S/C9H15N3/c1-2-8(6-10-4-1)12-9-3-5-11-7-9/h3,5,7-8,10-12H,1-2,4,6H2. The van der Waals surface area contributed by atoms with Crippen LogP contribution in [0.2, 0.25) is 0 Å². The Kier molecular flexibility index (Phi) is 2.32. The Labute approximate surface area is 72.6 Å². The molecule has 0 saturated carbocycles. The van der Waals surface area contributed by atoms with Gasteiger partial charge < -0.3 is 15.6 Å². The highest BCUT2D eigenvalue weighted by Crippen LogP contribution is 2.10. The summed E-state index contributed by atoms with van der Waals surface area (Å²) in [6.07, 6.45) is 6.49. The van der Waals surface area contributed by atoms with Gasteiger partial charge in [0.15, 0.2) is 0 Å². The first kappa shape index (κ1) is 7.68. The van der Waals surface area contributed by atoms with Crippen LogP contribution in [-0.4, -0.2) is 24.1 Å². The van der Waals surface area contributed by atoms with Crippen molar-refractivity contribution in [3.63, 3.8) is 0 Å².